The van der Waals surface area contributed by atoms with E-state index in [1.165, 1.54) is 10.9 Å². The average Bonchev–Trinajstić information content (AvgIpc) is 3.07. The highest BCUT2D eigenvalue weighted by molar-refractivity contribution is 7.52. The van der Waals surface area contributed by atoms with E-state index in [2.05, 4.69) is 20.3 Å². The first kappa shape index (κ1) is 19.9. The third-order valence-corrected chi connectivity index (χ3v) is 4.75. The Labute approximate surface area is 156 Å². The summed E-state index contributed by atoms with van der Waals surface area (Å²) in [6.45, 7) is -0.280. The molecule has 2 aromatic rings. The first-order valence-electron chi connectivity index (χ1n) is 7.55. The van der Waals surface area contributed by atoms with E-state index < -0.39 is 44.2 Å². The summed E-state index contributed by atoms with van der Waals surface area (Å²) in [4.78, 5) is 40.8. The lowest BCUT2D eigenvalue weighted by Crippen LogP contribution is -2.40. The molecule has 0 saturated carbocycles. The monoisotopic (exact) mass is 422 g/mol. The van der Waals surface area contributed by atoms with Crippen LogP contribution in [0, 0.1) is 0 Å². The minimum absolute atomic E-state index is 0.0260. The number of amides is 1. The molecule has 27 heavy (non-hydrogen) atoms. The number of nitrogens with zero attached hydrogens (tertiary/aromatic N) is 4. The minimum Gasteiger partial charge on any atom is -0.387 e. The number of fused-ring (bicyclic) bond motifs is 1. The number of hydrogen-bond acceptors (Lipinski definition) is 9. The van der Waals surface area contributed by atoms with Gasteiger partial charge in [-0.25, -0.2) is 4.98 Å². The van der Waals surface area contributed by atoms with Crippen LogP contribution < -0.4 is 11.1 Å². The zero-order valence-corrected chi connectivity index (χ0v) is 15.2. The lowest BCUT2D eigenvalue weighted by atomic mass is 10.1. The number of ether oxygens (including phenoxy) is 1. The predicted octanol–water partition coefficient (Wildman–Crippen LogP) is -2.02. The highest BCUT2D eigenvalue weighted by Crippen LogP contribution is 2.34. The zero-order valence-electron chi connectivity index (χ0n) is 13.5. The van der Waals surface area contributed by atoms with E-state index in [1.807, 2.05) is 0 Å². The van der Waals surface area contributed by atoms with Crippen molar-refractivity contribution in [3.05, 3.63) is 11.6 Å². The molecule has 15 heteroatoms. The molecule has 0 aliphatic carbocycles. The van der Waals surface area contributed by atoms with Crippen molar-refractivity contribution in [2.75, 3.05) is 18.4 Å². The fraction of sp³-hybridized carbons (Fsp3) is 0.500. The Hall–Kier alpha value is -1.86. The van der Waals surface area contributed by atoms with Crippen LogP contribution in [0.25, 0.3) is 11.2 Å². The van der Waals surface area contributed by atoms with E-state index in [4.69, 9.17) is 31.9 Å². The second kappa shape index (κ2) is 7.28. The summed E-state index contributed by atoms with van der Waals surface area (Å²) in [7, 11) is -4.51. The molecule has 0 radical (unpaired) electrons. The molecule has 2 unspecified atom stereocenters. The van der Waals surface area contributed by atoms with Crippen molar-refractivity contribution in [2.45, 2.75) is 24.5 Å². The van der Waals surface area contributed by atoms with Gasteiger partial charge < -0.3 is 35.8 Å². The first-order chi connectivity index (χ1) is 12.6. The molecule has 13 nitrogen and oxygen atoms in total. The van der Waals surface area contributed by atoms with Crippen LogP contribution in [0.1, 0.15) is 6.23 Å². The van der Waals surface area contributed by atoms with E-state index in [0.29, 0.717) is 0 Å². The number of aliphatic hydroxyl groups excluding tert-OH is 2. The Morgan fingerprint density at radius 2 is 2.07 bits per heavy atom. The molecule has 3 rings (SSSR count). The lowest BCUT2D eigenvalue weighted by molar-refractivity contribution is -0.119. The molecular formula is C12H16ClN6O7P. The van der Waals surface area contributed by atoms with Crippen molar-refractivity contribution in [2.24, 2.45) is 0 Å². The summed E-state index contributed by atoms with van der Waals surface area (Å²) in [6.07, 6.45) is -4.67. The van der Waals surface area contributed by atoms with Crippen LogP contribution >= 0.6 is 19.2 Å². The summed E-state index contributed by atoms with van der Waals surface area (Å²) in [5, 5.41) is 22.5. The van der Waals surface area contributed by atoms with Gasteiger partial charge in [0.1, 0.15) is 30.0 Å². The van der Waals surface area contributed by atoms with E-state index in [1.54, 1.807) is 0 Å². The first-order valence-corrected chi connectivity index (χ1v) is 9.73. The number of aromatic nitrogens is 4. The normalized spacial score (nSPS) is 25.8. The number of nitrogen functional groups attached to an aromatic ring is 1. The Morgan fingerprint density at radius 1 is 1.37 bits per heavy atom. The van der Waals surface area contributed by atoms with Gasteiger partial charge in [0, 0.05) is 6.54 Å². The molecule has 1 saturated heterocycles. The Morgan fingerprint density at radius 3 is 2.74 bits per heavy atom. The standard InChI is InChI=1S/C12H16ClN6O7P/c13-12-17-9(14)6-10(18-12)19(3-16-6)11-8(22)7(21)4(26-11)1-15-5(20)2-27(23,24)25/h3-4,7-8,11,21-22H,1-2H2,(H,15,20)(H2,14,17,18)(H2,23,24,25)/t4-,7?,8?,11-/m1/s1. The summed E-state index contributed by atoms with van der Waals surface area (Å²) < 4.78 is 17.7. The van der Waals surface area contributed by atoms with E-state index in [9.17, 15) is 19.6 Å². The molecule has 0 aromatic carbocycles. The highest BCUT2D eigenvalue weighted by Gasteiger charge is 2.44. The topological polar surface area (TPSA) is 206 Å². The molecule has 1 fully saturated rings. The van der Waals surface area contributed by atoms with Gasteiger partial charge in [0.05, 0.1) is 6.33 Å². The van der Waals surface area contributed by atoms with Crippen LogP contribution in [0.2, 0.25) is 5.28 Å². The number of carbonyl (C=O) groups is 1. The Bertz CT molecular complexity index is 919. The minimum atomic E-state index is -4.51. The van der Waals surface area contributed by atoms with Gasteiger partial charge in [-0.1, -0.05) is 0 Å². The maximum Gasteiger partial charge on any atom is 0.334 e. The number of halogens is 1. The smallest absolute Gasteiger partial charge is 0.334 e. The largest absolute Gasteiger partial charge is 0.387 e. The molecular weight excluding hydrogens is 407 g/mol. The number of nitrogens with one attached hydrogen (secondary N) is 1. The summed E-state index contributed by atoms with van der Waals surface area (Å²) >= 11 is 5.78. The molecule has 2 aromatic heterocycles. The van der Waals surface area contributed by atoms with Crippen LogP contribution in [0.15, 0.2) is 6.33 Å². The molecule has 0 bridgehead atoms. The van der Waals surface area contributed by atoms with Crippen molar-refractivity contribution >= 4 is 42.1 Å². The predicted molar refractivity (Wildman–Crippen MR) is 90.6 cm³/mol. The van der Waals surface area contributed by atoms with Crippen molar-refractivity contribution in [3.8, 4) is 0 Å². The lowest BCUT2D eigenvalue weighted by Gasteiger charge is -2.16. The number of hydrogen-bond donors (Lipinski definition) is 6. The van der Waals surface area contributed by atoms with Gasteiger partial charge >= 0.3 is 7.60 Å². The second-order valence-electron chi connectivity index (χ2n) is 5.88. The number of imidazole rings is 1. The van der Waals surface area contributed by atoms with Gasteiger partial charge in [-0.3, -0.25) is 13.9 Å². The van der Waals surface area contributed by atoms with Gasteiger partial charge in [0.25, 0.3) is 0 Å². The van der Waals surface area contributed by atoms with Gasteiger partial charge in [0.2, 0.25) is 11.2 Å². The number of carbonyl (C=O) groups excluding carboxylic acids is 1. The van der Waals surface area contributed by atoms with Crippen LogP contribution in [-0.4, -0.2) is 76.4 Å². The number of rotatable bonds is 5. The quantitative estimate of drug-likeness (QED) is 0.229. The van der Waals surface area contributed by atoms with Crippen molar-refractivity contribution in [3.63, 3.8) is 0 Å². The van der Waals surface area contributed by atoms with E-state index in [-0.39, 0.29) is 28.8 Å². The highest BCUT2D eigenvalue weighted by atomic mass is 35.5. The number of nitrogens with two attached hydrogens (primary N) is 1. The number of aliphatic hydroxyl groups is 2. The summed E-state index contributed by atoms with van der Waals surface area (Å²) in [6, 6.07) is 0. The van der Waals surface area contributed by atoms with Gasteiger partial charge in [-0.05, 0) is 11.6 Å². The third-order valence-electron chi connectivity index (χ3n) is 3.88. The van der Waals surface area contributed by atoms with Crippen LogP contribution in [0.5, 0.6) is 0 Å². The van der Waals surface area contributed by atoms with Crippen molar-refractivity contribution < 1.29 is 34.1 Å². The maximum absolute atomic E-state index is 11.5. The molecule has 1 amide bonds. The third kappa shape index (κ3) is 4.19. The average molecular weight is 423 g/mol. The van der Waals surface area contributed by atoms with Gasteiger partial charge in [0.15, 0.2) is 17.7 Å². The fourth-order valence-corrected chi connectivity index (χ4v) is 3.34. The van der Waals surface area contributed by atoms with Crippen LogP contribution in [-0.2, 0) is 14.1 Å². The fourth-order valence-electron chi connectivity index (χ4n) is 2.68. The zero-order chi connectivity index (χ0) is 19.9. The molecule has 148 valence electrons. The molecule has 1 aliphatic heterocycles. The van der Waals surface area contributed by atoms with E-state index >= 15 is 0 Å². The molecule has 0 spiro atoms. The SMILES string of the molecule is Nc1nc(Cl)nc2c1ncn2[C@@H]1O[C@H](CNC(=O)CP(=O)(O)O)C(O)C1O. The van der Waals surface area contributed by atoms with Crippen LogP contribution in [0.4, 0.5) is 5.82 Å². The molecule has 4 atom stereocenters. The van der Waals surface area contributed by atoms with Crippen LogP contribution in [0.3, 0.4) is 0 Å². The Balaban J connectivity index is 1.76. The molecule has 3 heterocycles. The van der Waals surface area contributed by atoms with Gasteiger partial charge in [-0.2, -0.15) is 9.97 Å². The summed E-state index contributed by atoms with van der Waals surface area (Å²) in [5.41, 5.74) is 6.12. The van der Waals surface area contributed by atoms with E-state index in [0.717, 1.165) is 0 Å². The molecule has 7 N–H and O–H groups in total. The second-order valence-corrected chi connectivity index (χ2v) is 7.86. The van der Waals surface area contributed by atoms with Gasteiger partial charge in [-0.15, -0.1) is 0 Å². The number of anilines is 1. The maximum atomic E-state index is 11.5. The molecule has 1 aliphatic rings. The Kier molecular flexibility index (Phi) is 5.36. The van der Waals surface area contributed by atoms with Crippen molar-refractivity contribution in [1.29, 1.82) is 0 Å². The van der Waals surface area contributed by atoms with Crippen molar-refractivity contribution in [1.82, 2.24) is 24.8 Å². The summed E-state index contributed by atoms with van der Waals surface area (Å²) in [5.74, 6) is -0.893.